The van der Waals surface area contributed by atoms with Gasteiger partial charge in [0.05, 0.1) is 0 Å². The van der Waals surface area contributed by atoms with Gasteiger partial charge < -0.3 is 15.8 Å². The number of nitrogens with two attached hydrogens (primary N) is 1. The van der Waals surface area contributed by atoms with Gasteiger partial charge in [-0.15, -0.1) is 0 Å². The van der Waals surface area contributed by atoms with Crippen molar-refractivity contribution < 1.29 is 9.53 Å². The summed E-state index contributed by atoms with van der Waals surface area (Å²) < 4.78 is 5.27. The van der Waals surface area contributed by atoms with Crippen molar-refractivity contribution in [2.24, 2.45) is 17.6 Å². The molecule has 2 unspecified atom stereocenters. The van der Waals surface area contributed by atoms with Gasteiger partial charge in [0.1, 0.15) is 0 Å². The van der Waals surface area contributed by atoms with Crippen LogP contribution in [0.25, 0.3) is 0 Å². The van der Waals surface area contributed by atoms with Crippen LogP contribution in [-0.2, 0) is 9.53 Å². The average molecular weight is 214 g/mol. The molecule has 0 aromatic carbocycles. The second-order valence-electron chi connectivity index (χ2n) is 4.29. The predicted octanol–water partition coefficient (Wildman–Crippen LogP) is 0.514. The number of rotatable bonds is 6. The highest BCUT2D eigenvalue weighted by atomic mass is 16.5. The molecule has 1 fully saturated rings. The van der Waals surface area contributed by atoms with Crippen LogP contribution in [-0.4, -0.2) is 32.2 Å². The summed E-state index contributed by atoms with van der Waals surface area (Å²) in [6.45, 7) is 4.99. The van der Waals surface area contributed by atoms with Crippen molar-refractivity contribution in [3.05, 3.63) is 0 Å². The lowest BCUT2D eigenvalue weighted by Crippen LogP contribution is -2.32. The average Bonchev–Trinajstić information content (AvgIpc) is 2.71. The Morgan fingerprint density at radius 3 is 3.07 bits per heavy atom. The summed E-state index contributed by atoms with van der Waals surface area (Å²) in [6, 6.07) is 0. The first kappa shape index (κ1) is 12.5. The Balaban J connectivity index is 2.05. The van der Waals surface area contributed by atoms with E-state index in [1.54, 1.807) is 0 Å². The fraction of sp³-hybridized carbons (Fsp3) is 0.909. The Hall–Kier alpha value is -0.610. The predicted molar refractivity (Wildman–Crippen MR) is 59.4 cm³/mol. The molecule has 1 amide bonds. The zero-order valence-corrected chi connectivity index (χ0v) is 9.50. The van der Waals surface area contributed by atoms with Crippen LogP contribution in [0, 0.1) is 11.8 Å². The van der Waals surface area contributed by atoms with E-state index in [1.807, 2.05) is 6.92 Å². The van der Waals surface area contributed by atoms with Crippen LogP contribution in [0.2, 0.25) is 0 Å². The molecule has 88 valence electrons. The minimum absolute atomic E-state index is 0.0369. The molecule has 1 rings (SSSR count). The van der Waals surface area contributed by atoms with Crippen LogP contribution in [0.15, 0.2) is 0 Å². The van der Waals surface area contributed by atoms with Crippen LogP contribution in [0.3, 0.4) is 0 Å². The molecule has 3 N–H and O–H groups in total. The van der Waals surface area contributed by atoms with Gasteiger partial charge in [-0.3, -0.25) is 4.79 Å². The molecule has 0 aliphatic carbocycles. The third-order valence-electron chi connectivity index (χ3n) is 2.92. The maximum Gasteiger partial charge on any atom is 0.222 e. The Morgan fingerprint density at radius 2 is 2.47 bits per heavy atom. The first-order valence-corrected chi connectivity index (χ1v) is 5.79. The molecule has 1 heterocycles. The van der Waals surface area contributed by atoms with Gasteiger partial charge in [0.2, 0.25) is 5.91 Å². The molecular formula is C11H22N2O2. The molecule has 15 heavy (non-hydrogen) atoms. The van der Waals surface area contributed by atoms with Crippen molar-refractivity contribution in [1.82, 2.24) is 5.32 Å². The normalized spacial score (nSPS) is 22.7. The maximum atomic E-state index is 11.5. The molecule has 4 heteroatoms. The molecule has 0 radical (unpaired) electrons. The standard InChI is InChI=1S/C11H22N2O2/c1-9(2-5-12)11(14)13-6-3-10-4-7-15-8-10/h9-10H,2-8,12H2,1H3,(H,13,14). The molecule has 0 aromatic rings. The summed E-state index contributed by atoms with van der Waals surface area (Å²) in [5.74, 6) is 0.796. The van der Waals surface area contributed by atoms with Gasteiger partial charge in [0, 0.05) is 25.7 Å². The number of nitrogens with one attached hydrogen (secondary N) is 1. The summed E-state index contributed by atoms with van der Waals surface area (Å²) in [5, 5.41) is 2.94. The number of carbonyl (C=O) groups is 1. The minimum Gasteiger partial charge on any atom is -0.381 e. The Bertz CT molecular complexity index is 191. The van der Waals surface area contributed by atoms with E-state index >= 15 is 0 Å². The van der Waals surface area contributed by atoms with Crippen LogP contribution in [0.1, 0.15) is 26.2 Å². The summed E-state index contributed by atoms with van der Waals surface area (Å²) in [5.41, 5.74) is 5.40. The largest absolute Gasteiger partial charge is 0.381 e. The number of carbonyl (C=O) groups excluding carboxylic acids is 1. The Labute approximate surface area is 91.5 Å². The van der Waals surface area contributed by atoms with Gasteiger partial charge in [-0.2, -0.15) is 0 Å². The van der Waals surface area contributed by atoms with E-state index in [-0.39, 0.29) is 11.8 Å². The van der Waals surface area contributed by atoms with E-state index in [1.165, 1.54) is 0 Å². The summed E-state index contributed by atoms with van der Waals surface area (Å²) in [7, 11) is 0. The summed E-state index contributed by atoms with van der Waals surface area (Å²) in [4.78, 5) is 11.5. The van der Waals surface area contributed by atoms with E-state index in [9.17, 15) is 4.79 Å². The van der Waals surface area contributed by atoms with E-state index in [4.69, 9.17) is 10.5 Å². The van der Waals surface area contributed by atoms with Gasteiger partial charge in [-0.25, -0.2) is 0 Å². The summed E-state index contributed by atoms with van der Waals surface area (Å²) >= 11 is 0. The van der Waals surface area contributed by atoms with E-state index in [0.29, 0.717) is 12.5 Å². The first-order chi connectivity index (χ1) is 7.24. The van der Waals surface area contributed by atoms with Gasteiger partial charge in [0.25, 0.3) is 0 Å². The topological polar surface area (TPSA) is 64.4 Å². The zero-order valence-electron chi connectivity index (χ0n) is 9.50. The van der Waals surface area contributed by atoms with Crippen molar-refractivity contribution in [3.63, 3.8) is 0 Å². The van der Waals surface area contributed by atoms with Crippen LogP contribution < -0.4 is 11.1 Å². The Morgan fingerprint density at radius 1 is 1.67 bits per heavy atom. The molecule has 2 atom stereocenters. The van der Waals surface area contributed by atoms with Crippen molar-refractivity contribution in [1.29, 1.82) is 0 Å². The third kappa shape index (κ3) is 4.62. The highest BCUT2D eigenvalue weighted by Crippen LogP contribution is 2.15. The van der Waals surface area contributed by atoms with Crippen molar-refractivity contribution >= 4 is 5.91 Å². The van der Waals surface area contributed by atoms with Crippen LogP contribution in [0.4, 0.5) is 0 Å². The van der Waals surface area contributed by atoms with Crippen molar-refractivity contribution in [3.8, 4) is 0 Å². The number of hydrogen-bond donors (Lipinski definition) is 2. The van der Waals surface area contributed by atoms with Crippen molar-refractivity contribution in [2.75, 3.05) is 26.3 Å². The van der Waals surface area contributed by atoms with E-state index < -0.39 is 0 Å². The highest BCUT2D eigenvalue weighted by molar-refractivity contribution is 5.78. The molecule has 0 bridgehead atoms. The van der Waals surface area contributed by atoms with Crippen LogP contribution in [0.5, 0.6) is 0 Å². The molecular weight excluding hydrogens is 192 g/mol. The molecule has 1 aliphatic rings. The molecule has 1 aliphatic heterocycles. The quantitative estimate of drug-likeness (QED) is 0.677. The third-order valence-corrected chi connectivity index (χ3v) is 2.92. The smallest absolute Gasteiger partial charge is 0.222 e. The molecule has 4 nitrogen and oxygen atoms in total. The monoisotopic (exact) mass is 214 g/mol. The number of hydrogen-bond acceptors (Lipinski definition) is 3. The molecule has 1 saturated heterocycles. The van der Waals surface area contributed by atoms with Gasteiger partial charge in [-0.1, -0.05) is 6.92 Å². The lowest BCUT2D eigenvalue weighted by molar-refractivity contribution is -0.124. The molecule has 0 aromatic heterocycles. The fourth-order valence-corrected chi connectivity index (χ4v) is 1.77. The van der Waals surface area contributed by atoms with Gasteiger partial charge in [0.15, 0.2) is 0 Å². The summed E-state index contributed by atoms with van der Waals surface area (Å²) in [6.07, 6.45) is 2.92. The second-order valence-corrected chi connectivity index (χ2v) is 4.29. The molecule has 0 spiro atoms. The van der Waals surface area contributed by atoms with Crippen molar-refractivity contribution in [2.45, 2.75) is 26.2 Å². The number of amides is 1. The Kier molecular flexibility index (Phi) is 5.65. The van der Waals surface area contributed by atoms with E-state index in [0.717, 1.165) is 39.0 Å². The van der Waals surface area contributed by atoms with E-state index in [2.05, 4.69) is 5.32 Å². The second kappa shape index (κ2) is 6.80. The van der Waals surface area contributed by atoms with Gasteiger partial charge >= 0.3 is 0 Å². The first-order valence-electron chi connectivity index (χ1n) is 5.79. The minimum atomic E-state index is 0.0369. The highest BCUT2D eigenvalue weighted by Gasteiger charge is 2.16. The SMILES string of the molecule is CC(CCN)C(=O)NCCC1CCOC1. The number of ether oxygens (including phenoxy) is 1. The fourth-order valence-electron chi connectivity index (χ4n) is 1.77. The molecule has 0 saturated carbocycles. The van der Waals surface area contributed by atoms with Crippen LogP contribution >= 0.6 is 0 Å². The zero-order chi connectivity index (χ0) is 11.1. The van der Waals surface area contributed by atoms with Gasteiger partial charge in [-0.05, 0) is 31.7 Å². The maximum absolute atomic E-state index is 11.5. The lowest BCUT2D eigenvalue weighted by atomic mass is 10.0. The lowest BCUT2D eigenvalue weighted by Gasteiger charge is -2.12.